The molecule has 0 atom stereocenters. The molecule has 0 aliphatic heterocycles. The number of rotatable bonds is 5. The molecule has 0 spiro atoms. The molecule has 0 aliphatic carbocycles. The molecule has 0 fully saturated rings. The summed E-state index contributed by atoms with van der Waals surface area (Å²) in [6.07, 6.45) is 0. The highest BCUT2D eigenvalue weighted by atomic mass is 79.9. The van der Waals surface area contributed by atoms with Gasteiger partial charge >= 0.3 is 0 Å². The molecule has 4 nitrogen and oxygen atoms in total. The highest BCUT2D eigenvalue weighted by molar-refractivity contribution is 9.10. The van der Waals surface area contributed by atoms with E-state index in [1.165, 1.54) is 12.1 Å². The van der Waals surface area contributed by atoms with Crippen LogP contribution in [0.15, 0.2) is 40.9 Å². The Morgan fingerprint density at radius 3 is 2.65 bits per heavy atom. The molecule has 0 unspecified atom stereocenters. The maximum absolute atomic E-state index is 13.6. The molecule has 2 rings (SSSR count). The van der Waals surface area contributed by atoms with E-state index in [-0.39, 0.29) is 12.4 Å². The average Bonchev–Trinajstić information content (AvgIpc) is 2.46. The number of anilines is 2. The van der Waals surface area contributed by atoms with Crippen LogP contribution in [0.4, 0.5) is 15.8 Å². The standard InChI is InChI=1S/C16H15BrClFN2O2/c1-21(2)14-5-4-11(8-12(14)18)20-16(22)9-23-15-6-3-10(17)7-13(15)19/h3-8H,9H2,1-2H3,(H,20,22). The molecule has 0 saturated carbocycles. The van der Waals surface area contributed by atoms with Crippen molar-refractivity contribution >= 4 is 44.8 Å². The molecular weight excluding hydrogens is 387 g/mol. The Labute approximate surface area is 147 Å². The lowest BCUT2D eigenvalue weighted by Crippen LogP contribution is -2.20. The second kappa shape index (κ2) is 7.66. The predicted octanol–water partition coefficient (Wildman–Crippen LogP) is 4.33. The van der Waals surface area contributed by atoms with Crippen molar-refractivity contribution in [2.75, 3.05) is 30.9 Å². The first-order valence-electron chi connectivity index (χ1n) is 6.71. The zero-order valence-electron chi connectivity index (χ0n) is 12.6. The number of amides is 1. The van der Waals surface area contributed by atoms with E-state index >= 15 is 0 Å². The minimum absolute atomic E-state index is 0.0179. The quantitative estimate of drug-likeness (QED) is 0.811. The third-order valence-corrected chi connectivity index (χ3v) is 3.76. The van der Waals surface area contributed by atoms with E-state index < -0.39 is 11.7 Å². The van der Waals surface area contributed by atoms with Crippen LogP contribution >= 0.6 is 27.5 Å². The van der Waals surface area contributed by atoms with Crippen LogP contribution in [0.2, 0.25) is 5.02 Å². The van der Waals surface area contributed by atoms with Crippen molar-refractivity contribution in [1.82, 2.24) is 0 Å². The van der Waals surface area contributed by atoms with Gasteiger partial charge in [0.2, 0.25) is 0 Å². The summed E-state index contributed by atoms with van der Waals surface area (Å²) in [4.78, 5) is 13.7. The van der Waals surface area contributed by atoms with Crippen LogP contribution < -0.4 is 15.0 Å². The smallest absolute Gasteiger partial charge is 0.262 e. The molecule has 2 aromatic carbocycles. The summed E-state index contributed by atoms with van der Waals surface area (Å²) in [5.74, 6) is -0.920. The van der Waals surface area contributed by atoms with Crippen LogP contribution in [0.5, 0.6) is 5.75 Å². The Hall–Kier alpha value is -1.79. The van der Waals surface area contributed by atoms with Gasteiger partial charge < -0.3 is 15.0 Å². The summed E-state index contributed by atoms with van der Waals surface area (Å²) in [5.41, 5.74) is 1.39. The second-order valence-electron chi connectivity index (χ2n) is 4.97. The number of carbonyl (C=O) groups is 1. The van der Waals surface area contributed by atoms with Gasteiger partial charge in [-0.2, -0.15) is 0 Å². The summed E-state index contributed by atoms with van der Waals surface area (Å²) in [6.45, 7) is -0.300. The van der Waals surface area contributed by atoms with Gasteiger partial charge in [0, 0.05) is 24.3 Å². The fourth-order valence-corrected chi connectivity index (χ4v) is 2.56. The molecular formula is C16H15BrClFN2O2. The molecule has 0 bridgehead atoms. The molecule has 1 N–H and O–H groups in total. The highest BCUT2D eigenvalue weighted by Gasteiger charge is 2.09. The van der Waals surface area contributed by atoms with E-state index in [2.05, 4.69) is 21.2 Å². The molecule has 2 aromatic rings. The summed E-state index contributed by atoms with van der Waals surface area (Å²) < 4.78 is 19.4. The lowest BCUT2D eigenvalue weighted by molar-refractivity contribution is -0.118. The van der Waals surface area contributed by atoms with E-state index in [9.17, 15) is 9.18 Å². The SMILES string of the molecule is CN(C)c1ccc(NC(=O)COc2ccc(Br)cc2F)cc1Cl. The molecule has 7 heteroatoms. The normalized spacial score (nSPS) is 10.3. The molecule has 0 heterocycles. The van der Waals surface area contributed by atoms with Gasteiger partial charge in [-0.1, -0.05) is 27.5 Å². The minimum atomic E-state index is -0.537. The lowest BCUT2D eigenvalue weighted by Gasteiger charge is -2.15. The van der Waals surface area contributed by atoms with Gasteiger partial charge in [0.05, 0.1) is 10.7 Å². The van der Waals surface area contributed by atoms with Crippen LogP contribution in [0.3, 0.4) is 0 Å². The van der Waals surface area contributed by atoms with Crippen LogP contribution in [0.25, 0.3) is 0 Å². The summed E-state index contributed by atoms with van der Waals surface area (Å²) in [5, 5.41) is 3.17. The first-order valence-corrected chi connectivity index (χ1v) is 7.88. The van der Waals surface area contributed by atoms with Crippen LogP contribution in [-0.2, 0) is 4.79 Å². The fourth-order valence-electron chi connectivity index (χ4n) is 1.88. The van der Waals surface area contributed by atoms with Crippen molar-refractivity contribution in [2.45, 2.75) is 0 Å². The van der Waals surface area contributed by atoms with E-state index in [0.717, 1.165) is 5.69 Å². The van der Waals surface area contributed by atoms with Crippen molar-refractivity contribution < 1.29 is 13.9 Å². The first kappa shape index (κ1) is 17.6. The van der Waals surface area contributed by atoms with Crippen LogP contribution in [-0.4, -0.2) is 26.6 Å². The van der Waals surface area contributed by atoms with Gasteiger partial charge in [0.15, 0.2) is 18.2 Å². The molecule has 0 aromatic heterocycles. The van der Waals surface area contributed by atoms with Crippen molar-refractivity contribution in [3.63, 3.8) is 0 Å². The number of nitrogens with one attached hydrogen (secondary N) is 1. The zero-order chi connectivity index (χ0) is 17.0. The van der Waals surface area contributed by atoms with Gasteiger partial charge in [-0.25, -0.2) is 4.39 Å². The molecule has 23 heavy (non-hydrogen) atoms. The second-order valence-corrected chi connectivity index (χ2v) is 6.30. The first-order chi connectivity index (χ1) is 10.9. The molecule has 1 amide bonds. The van der Waals surface area contributed by atoms with Crippen molar-refractivity contribution in [3.05, 3.63) is 51.7 Å². The maximum Gasteiger partial charge on any atom is 0.262 e. The third-order valence-electron chi connectivity index (χ3n) is 2.97. The molecule has 0 saturated heterocycles. The maximum atomic E-state index is 13.6. The average molecular weight is 402 g/mol. The Morgan fingerprint density at radius 2 is 2.04 bits per heavy atom. The van der Waals surface area contributed by atoms with Crippen LogP contribution in [0.1, 0.15) is 0 Å². The van der Waals surface area contributed by atoms with E-state index in [0.29, 0.717) is 15.2 Å². The minimum Gasteiger partial charge on any atom is -0.481 e. The number of ether oxygens (including phenoxy) is 1. The Bertz CT molecular complexity index is 725. The van der Waals surface area contributed by atoms with Crippen molar-refractivity contribution in [2.24, 2.45) is 0 Å². The number of benzene rings is 2. The number of carbonyl (C=O) groups excluding carboxylic acids is 1. The lowest BCUT2D eigenvalue weighted by atomic mass is 10.2. The molecule has 122 valence electrons. The van der Waals surface area contributed by atoms with Gasteiger partial charge in [-0.05, 0) is 36.4 Å². The summed E-state index contributed by atoms with van der Waals surface area (Å²) in [6, 6.07) is 9.54. The van der Waals surface area contributed by atoms with Gasteiger partial charge in [0.1, 0.15) is 0 Å². The summed E-state index contributed by atoms with van der Waals surface area (Å²) in [7, 11) is 3.75. The zero-order valence-corrected chi connectivity index (χ0v) is 14.9. The Balaban J connectivity index is 1.96. The van der Waals surface area contributed by atoms with E-state index in [1.807, 2.05) is 19.0 Å². The van der Waals surface area contributed by atoms with Gasteiger partial charge in [-0.3, -0.25) is 4.79 Å². The Morgan fingerprint density at radius 1 is 1.30 bits per heavy atom. The van der Waals surface area contributed by atoms with Crippen molar-refractivity contribution in [3.8, 4) is 5.75 Å². The fraction of sp³-hybridized carbons (Fsp3) is 0.188. The van der Waals surface area contributed by atoms with Crippen LogP contribution in [0, 0.1) is 5.82 Å². The predicted molar refractivity (Wildman–Crippen MR) is 94.0 cm³/mol. The topological polar surface area (TPSA) is 41.6 Å². The molecule has 0 radical (unpaired) electrons. The van der Waals surface area contributed by atoms with Gasteiger partial charge in [0.25, 0.3) is 5.91 Å². The summed E-state index contributed by atoms with van der Waals surface area (Å²) >= 11 is 9.29. The monoisotopic (exact) mass is 400 g/mol. The molecule has 0 aliphatic rings. The largest absolute Gasteiger partial charge is 0.481 e. The Kier molecular flexibility index (Phi) is 5.85. The number of hydrogen-bond donors (Lipinski definition) is 1. The number of halogens is 3. The number of nitrogens with zero attached hydrogens (tertiary/aromatic N) is 1. The van der Waals surface area contributed by atoms with Crippen molar-refractivity contribution in [1.29, 1.82) is 0 Å². The third kappa shape index (κ3) is 4.84. The number of hydrogen-bond acceptors (Lipinski definition) is 3. The highest BCUT2D eigenvalue weighted by Crippen LogP contribution is 2.27. The van der Waals surface area contributed by atoms with E-state index in [4.69, 9.17) is 16.3 Å². The van der Waals surface area contributed by atoms with E-state index in [1.54, 1.807) is 24.3 Å². The van der Waals surface area contributed by atoms with Gasteiger partial charge in [-0.15, -0.1) is 0 Å².